The number of aliphatic hydroxyl groups is 1. The largest absolute Gasteiger partial charge is 0.384 e. The Bertz CT molecular complexity index is 738. The molecule has 0 saturated heterocycles. The lowest BCUT2D eigenvalue weighted by Gasteiger charge is -2.22. The number of carbonyl (C=O) groups excluding carboxylic acids is 1. The minimum Gasteiger partial charge on any atom is -0.384 e. The van der Waals surface area contributed by atoms with Gasteiger partial charge in [0.15, 0.2) is 0 Å². The molecule has 1 aliphatic heterocycles. The maximum Gasteiger partial charge on any atom is 0.259 e. The van der Waals surface area contributed by atoms with E-state index < -0.39 is 0 Å². The second kappa shape index (κ2) is 5.72. The Balaban J connectivity index is 1.90. The summed E-state index contributed by atoms with van der Waals surface area (Å²) in [4.78, 5) is 15.4. The van der Waals surface area contributed by atoms with E-state index in [1.165, 1.54) is 16.9 Å². The number of carbonyl (C=O) groups is 1. The third-order valence-corrected chi connectivity index (χ3v) is 4.41. The number of hydrogen-bond donors (Lipinski definition) is 1. The zero-order valence-electron chi connectivity index (χ0n) is 11.7. The molecule has 2 aromatic rings. The van der Waals surface area contributed by atoms with Crippen LogP contribution in [0.1, 0.15) is 27.7 Å². The predicted octanol–water partition coefficient (Wildman–Crippen LogP) is 2.68. The topological polar surface area (TPSA) is 40.5 Å². The highest BCUT2D eigenvalue weighted by atomic mass is 32.1. The Hall–Kier alpha value is -2.09. The minimum atomic E-state index is -0.169. The van der Waals surface area contributed by atoms with Gasteiger partial charge in [-0.2, -0.15) is 0 Å². The van der Waals surface area contributed by atoms with E-state index >= 15 is 0 Å². The summed E-state index contributed by atoms with van der Waals surface area (Å²) in [5.41, 5.74) is 2.88. The lowest BCUT2D eigenvalue weighted by molar-refractivity contribution is 0.0982. The molecule has 0 saturated carbocycles. The molecule has 3 nitrogen and oxygen atoms in total. The van der Waals surface area contributed by atoms with Gasteiger partial charge in [-0.3, -0.25) is 4.79 Å². The number of rotatable bonds is 1. The van der Waals surface area contributed by atoms with Gasteiger partial charge in [0.2, 0.25) is 0 Å². The molecular weight excluding hydrogens is 282 g/mol. The Labute approximate surface area is 127 Å². The van der Waals surface area contributed by atoms with Crippen LogP contribution in [-0.4, -0.2) is 23.7 Å². The molecule has 0 radical (unpaired) electrons. The lowest BCUT2D eigenvalue weighted by atomic mass is 10.1. The molecule has 0 bridgehead atoms. The van der Waals surface area contributed by atoms with Gasteiger partial charge in [0.05, 0.1) is 10.4 Å². The fraction of sp³-hybridized carbons (Fsp3) is 0.235. The number of benzene rings is 1. The third-order valence-electron chi connectivity index (χ3n) is 3.56. The number of fused-ring (bicyclic) bond motifs is 1. The first-order valence-corrected chi connectivity index (χ1v) is 7.68. The summed E-state index contributed by atoms with van der Waals surface area (Å²) in [5, 5.41) is 10.5. The molecule has 1 aromatic carbocycles. The van der Waals surface area contributed by atoms with Gasteiger partial charge in [-0.1, -0.05) is 30.0 Å². The summed E-state index contributed by atoms with van der Waals surface area (Å²) in [6.45, 7) is 1.90. The number of para-hydroxylation sites is 1. The van der Waals surface area contributed by atoms with Crippen molar-refractivity contribution in [1.29, 1.82) is 0 Å². The van der Waals surface area contributed by atoms with Crippen molar-refractivity contribution in [1.82, 2.24) is 0 Å². The van der Waals surface area contributed by atoms with Crippen molar-refractivity contribution >= 4 is 22.9 Å². The molecule has 1 N–H and O–H groups in total. The van der Waals surface area contributed by atoms with E-state index in [2.05, 4.69) is 24.8 Å². The summed E-state index contributed by atoms with van der Waals surface area (Å²) in [6.07, 6.45) is 0.892. The van der Waals surface area contributed by atoms with Crippen LogP contribution in [0, 0.1) is 11.8 Å². The van der Waals surface area contributed by atoms with E-state index in [0.29, 0.717) is 5.56 Å². The average Bonchev–Trinajstić information content (AvgIpc) is 3.07. The number of thiophene rings is 1. The molecule has 0 aliphatic carbocycles. The van der Waals surface area contributed by atoms with Gasteiger partial charge in [-0.25, -0.2) is 0 Å². The highest BCUT2D eigenvalue weighted by molar-refractivity contribution is 7.10. The van der Waals surface area contributed by atoms with E-state index in [1.807, 2.05) is 28.5 Å². The fourth-order valence-corrected chi connectivity index (χ4v) is 3.40. The van der Waals surface area contributed by atoms with Gasteiger partial charge < -0.3 is 10.0 Å². The van der Waals surface area contributed by atoms with Crippen LogP contribution in [0.5, 0.6) is 0 Å². The molecule has 0 fully saturated rings. The van der Waals surface area contributed by atoms with Crippen LogP contribution in [0.4, 0.5) is 5.69 Å². The van der Waals surface area contributed by atoms with Gasteiger partial charge in [0, 0.05) is 17.1 Å². The van der Waals surface area contributed by atoms with Crippen LogP contribution in [0.2, 0.25) is 0 Å². The number of nitrogens with zero attached hydrogens (tertiary/aromatic N) is 1. The fourth-order valence-electron chi connectivity index (χ4n) is 2.65. The Morgan fingerprint density at radius 2 is 2.29 bits per heavy atom. The van der Waals surface area contributed by atoms with Gasteiger partial charge in [-0.15, -0.1) is 11.3 Å². The summed E-state index contributed by atoms with van der Waals surface area (Å²) >= 11 is 1.43. The molecular formula is C17H15NO2S. The normalized spacial score (nSPS) is 16.3. The Morgan fingerprint density at radius 1 is 1.48 bits per heavy atom. The summed E-state index contributed by atoms with van der Waals surface area (Å²) < 4.78 is 0. The molecule has 3 rings (SSSR count). The van der Waals surface area contributed by atoms with Crippen molar-refractivity contribution in [2.45, 2.75) is 19.4 Å². The van der Waals surface area contributed by atoms with Crippen LogP contribution in [0.15, 0.2) is 35.7 Å². The molecule has 1 aromatic heterocycles. The SMILES string of the molecule is CC1Cc2ccccc2N1C(=O)c1csc(C#CCO)c1. The van der Waals surface area contributed by atoms with Crippen molar-refractivity contribution in [2.24, 2.45) is 0 Å². The second-order valence-corrected chi connectivity index (χ2v) is 5.93. The molecule has 106 valence electrons. The first-order valence-electron chi connectivity index (χ1n) is 6.80. The van der Waals surface area contributed by atoms with Gasteiger partial charge in [0.1, 0.15) is 6.61 Å². The van der Waals surface area contributed by atoms with Crippen molar-refractivity contribution in [3.05, 3.63) is 51.7 Å². The summed E-state index contributed by atoms with van der Waals surface area (Å²) in [6, 6.07) is 10.0. The van der Waals surface area contributed by atoms with Crippen LogP contribution in [-0.2, 0) is 6.42 Å². The van der Waals surface area contributed by atoms with Gasteiger partial charge in [-0.05, 0) is 31.0 Å². The molecule has 2 heterocycles. The second-order valence-electron chi connectivity index (χ2n) is 5.02. The molecule has 4 heteroatoms. The van der Waals surface area contributed by atoms with E-state index in [1.54, 1.807) is 6.07 Å². The van der Waals surface area contributed by atoms with Crippen molar-refractivity contribution in [3.8, 4) is 11.8 Å². The monoisotopic (exact) mass is 297 g/mol. The van der Waals surface area contributed by atoms with Crippen LogP contribution in [0.25, 0.3) is 0 Å². The highest BCUT2D eigenvalue weighted by Crippen LogP contribution is 2.33. The molecule has 21 heavy (non-hydrogen) atoms. The van der Waals surface area contributed by atoms with Crippen molar-refractivity contribution in [2.75, 3.05) is 11.5 Å². The van der Waals surface area contributed by atoms with Crippen LogP contribution in [0.3, 0.4) is 0 Å². The molecule has 1 amide bonds. The maximum absolute atomic E-state index is 12.7. The average molecular weight is 297 g/mol. The third kappa shape index (κ3) is 2.58. The minimum absolute atomic E-state index is 0.0146. The van der Waals surface area contributed by atoms with E-state index in [4.69, 9.17) is 5.11 Å². The zero-order valence-corrected chi connectivity index (χ0v) is 12.5. The Kier molecular flexibility index (Phi) is 3.78. The van der Waals surface area contributed by atoms with E-state index in [-0.39, 0.29) is 18.6 Å². The van der Waals surface area contributed by atoms with Crippen LogP contribution < -0.4 is 4.90 Å². The molecule has 1 unspecified atom stereocenters. The Morgan fingerprint density at radius 3 is 3.10 bits per heavy atom. The lowest BCUT2D eigenvalue weighted by Crippen LogP contribution is -2.35. The number of amides is 1. The van der Waals surface area contributed by atoms with E-state index in [9.17, 15) is 4.79 Å². The van der Waals surface area contributed by atoms with Crippen molar-refractivity contribution < 1.29 is 9.90 Å². The molecule has 1 atom stereocenters. The first kappa shape index (κ1) is 13.9. The standard InChI is InChI=1S/C17H15NO2S/c1-12-9-13-5-2-3-7-16(13)18(12)17(20)14-10-15(21-11-14)6-4-8-19/h2-3,5,7,10-12,19H,8-9H2,1H3. The predicted molar refractivity (Wildman–Crippen MR) is 84.7 cm³/mol. The smallest absolute Gasteiger partial charge is 0.259 e. The van der Waals surface area contributed by atoms with Gasteiger partial charge >= 0.3 is 0 Å². The van der Waals surface area contributed by atoms with Crippen molar-refractivity contribution in [3.63, 3.8) is 0 Å². The summed E-state index contributed by atoms with van der Waals surface area (Å²) in [5.74, 6) is 5.45. The zero-order chi connectivity index (χ0) is 14.8. The first-order chi connectivity index (χ1) is 10.2. The molecule has 1 aliphatic rings. The number of hydrogen-bond acceptors (Lipinski definition) is 3. The quantitative estimate of drug-likeness (QED) is 0.822. The maximum atomic E-state index is 12.7. The summed E-state index contributed by atoms with van der Waals surface area (Å²) in [7, 11) is 0. The number of anilines is 1. The number of aliphatic hydroxyl groups excluding tert-OH is 1. The van der Waals surface area contributed by atoms with Crippen LogP contribution >= 0.6 is 11.3 Å². The molecule has 0 spiro atoms. The highest BCUT2D eigenvalue weighted by Gasteiger charge is 2.31. The van der Waals surface area contributed by atoms with Gasteiger partial charge in [0.25, 0.3) is 5.91 Å². The van der Waals surface area contributed by atoms with E-state index in [0.717, 1.165) is 17.0 Å².